The summed E-state index contributed by atoms with van der Waals surface area (Å²) in [6, 6.07) is 9.66. The van der Waals surface area contributed by atoms with Crippen molar-refractivity contribution in [2.24, 2.45) is 0 Å². The second-order valence-electron chi connectivity index (χ2n) is 8.34. The fourth-order valence-corrected chi connectivity index (χ4v) is 4.65. The number of hydrogen-bond donors (Lipinski definition) is 1. The van der Waals surface area contributed by atoms with Crippen LogP contribution in [0.4, 0.5) is 5.82 Å². The number of benzene rings is 1. The highest BCUT2D eigenvalue weighted by Crippen LogP contribution is 2.32. The molecule has 2 aromatic heterocycles. The van der Waals surface area contributed by atoms with Crippen LogP contribution in [0.25, 0.3) is 22.6 Å². The van der Waals surface area contributed by atoms with Crippen LogP contribution in [0.15, 0.2) is 36.7 Å². The molecule has 0 bridgehead atoms. The number of anilines is 1. The zero-order valence-electron chi connectivity index (χ0n) is 18.0. The van der Waals surface area contributed by atoms with Crippen LogP contribution < -0.4 is 10.2 Å². The molecule has 2 fully saturated rings. The molecule has 4 heterocycles. The average Bonchev–Trinajstić information content (AvgIpc) is 3.24. The minimum atomic E-state index is -0.401. The second kappa shape index (κ2) is 8.63. The Balaban J connectivity index is 1.63. The molecule has 2 aliphatic heterocycles. The van der Waals surface area contributed by atoms with E-state index < -0.39 is 6.04 Å². The number of carbonyl (C=O) groups is 1. The Hall–Kier alpha value is -3.00. The van der Waals surface area contributed by atoms with Crippen LogP contribution in [-0.4, -0.2) is 69.6 Å². The third-order valence-electron chi connectivity index (χ3n) is 6.32. The summed E-state index contributed by atoms with van der Waals surface area (Å²) in [6.07, 6.45) is 5.19. The van der Waals surface area contributed by atoms with Gasteiger partial charge in [-0.3, -0.25) is 9.36 Å². The first-order valence-corrected chi connectivity index (χ1v) is 11.3. The molecule has 2 aliphatic rings. The Morgan fingerprint density at radius 2 is 1.74 bits per heavy atom. The zero-order chi connectivity index (χ0) is 21.2. The van der Waals surface area contributed by atoms with Crippen LogP contribution in [-0.2, 0) is 4.79 Å². The smallest absolute Gasteiger partial charge is 0.245 e. The van der Waals surface area contributed by atoms with Crippen molar-refractivity contribution in [1.29, 1.82) is 0 Å². The van der Waals surface area contributed by atoms with Gasteiger partial charge < -0.3 is 15.1 Å². The third kappa shape index (κ3) is 3.76. The summed E-state index contributed by atoms with van der Waals surface area (Å²) in [5, 5.41) is 3.31. The molecule has 0 spiro atoms. The van der Waals surface area contributed by atoms with Crippen molar-refractivity contribution in [2.45, 2.75) is 32.2 Å². The highest BCUT2D eigenvalue weighted by molar-refractivity contribution is 5.90. The highest BCUT2D eigenvalue weighted by Gasteiger charge is 2.29. The molecular weight excluding hydrogens is 390 g/mol. The highest BCUT2D eigenvalue weighted by atomic mass is 16.2. The summed E-state index contributed by atoms with van der Waals surface area (Å²) in [7, 11) is 0. The molecule has 31 heavy (non-hydrogen) atoms. The summed E-state index contributed by atoms with van der Waals surface area (Å²) in [6.45, 7) is 7.03. The molecule has 8 heteroatoms. The van der Waals surface area contributed by atoms with Gasteiger partial charge in [0.1, 0.15) is 18.2 Å². The number of nitrogens with one attached hydrogen (secondary N) is 1. The van der Waals surface area contributed by atoms with Crippen LogP contribution in [0.5, 0.6) is 0 Å². The van der Waals surface area contributed by atoms with Crippen molar-refractivity contribution < 1.29 is 4.79 Å². The Labute approximate surface area is 182 Å². The van der Waals surface area contributed by atoms with Gasteiger partial charge in [0.2, 0.25) is 5.91 Å². The van der Waals surface area contributed by atoms with E-state index in [1.807, 2.05) is 46.7 Å². The zero-order valence-corrected chi connectivity index (χ0v) is 18.0. The van der Waals surface area contributed by atoms with E-state index in [1.54, 1.807) is 6.33 Å². The van der Waals surface area contributed by atoms with Gasteiger partial charge >= 0.3 is 0 Å². The number of rotatable bonds is 4. The SMILES string of the molecule is C[C@@H](C(=O)N1CCNCC1)n1c(-c2ccccc2)nc2c(N3CCCCC3)ncnc21. The van der Waals surface area contributed by atoms with Gasteiger partial charge in [0.15, 0.2) is 17.0 Å². The molecule has 1 N–H and O–H groups in total. The fraction of sp³-hybridized carbons (Fsp3) is 0.478. The van der Waals surface area contributed by atoms with Gasteiger partial charge in [-0.1, -0.05) is 30.3 Å². The number of nitrogens with zero attached hydrogens (tertiary/aromatic N) is 6. The van der Waals surface area contributed by atoms with Crippen molar-refractivity contribution in [1.82, 2.24) is 29.7 Å². The number of carbonyl (C=O) groups excluding carboxylic acids is 1. The van der Waals surface area contributed by atoms with Gasteiger partial charge in [-0.25, -0.2) is 15.0 Å². The quantitative estimate of drug-likeness (QED) is 0.700. The van der Waals surface area contributed by atoms with Crippen molar-refractivity contribution in [2.75, 3.05) is 44.2 Å². The number of hydrogen-bond acceptors (Lipinski definition) is 6. The number of piperidine rings is 1. The van der Waals surface area contributed by atoms with Crippen molar-refractivity contribution in [3.8, 4) is 11.4 Å². The molecule has 162 valence electrons. The number of amides is 1. The number of fused-ring (bicyclic) bond motifs is 1. The number of imidazole rings is 1. The van der Waals surface area contributed by atoms with Gasteiger partial charge in [-0.15, -0.1) is 0 Å². The Bertz CT molecular complexity index is 1050. The summed E-state index contributed by atoms with van der Waals surface area (Å²) < 4.78 is 2.00. The van der Waals surface area contributed by atoms with Gasteiger partial charge in [0.25, 0.3) is 0 Å². The molecule has 0 saturated carbocycles. The molecular formula is C23H29N7O. The Morgan fingerprint density at radius 3 is 2.48 bits per heavy atom. The van der Waals surface area contributed by atoms with E-state index >= 15 is 0 Å². The first-order chi connectivity index (χ1) is 15.2. The largest absolute Gasteiger partial charge is 0.355 e. The third-order valence-corrected chi connectivity index (χ3v) is 6.32. The lowest BCUT2D eigenvalue weighted by Gasteiger charge is -2.30. The Kier molecular flexibility index (Phi) is 5.55. The molecule has 8 nitrogen and oxygen atoms in total. The average molecular weight is 420 g/mol. The maximum absolute atomic E-state index is 13.4. The van der Waals surface area contributed by atoms with E-state index in [9.17, 15) is 4.79 Å². The fourth-order valence-electron chi connectivity index (χ4n) is 4.65. The molecule has 0 aliphatic carbocycles. The van der Waals surface area contributed by atoms with Crippen molar-refractivity contribution in [3.05, 3.63) is 36.7 Å². The van der Waals surface area contributed by atoms with Crippen molar-refractivity contribution in [3.63, 3.8) is 0 Å². The van der Waals surface area contributed by atoms with E-state index in [1.165, 1.54) is 6.42 Å². The molecule has 1 amide bonds. The molecule has 1 aromatic carbocycles. The summed E-state index contributed by atoms with van der Waals surface area (Å²) in [5.74, 6) is 1.75. The molecule has 5 rings (SSSR count). The number of piperazine rings is 1. The maximum atomic E-state index is 13.4. The van der Waals surface area contributed by atoms with E-state index in [4.69, 9.17) is 4.98 Å². The van der Waals surface area contributed by atoms with Gasteiger partial charge in [0.05, 0.1) is 0 Å². The lowest BCUT2D eigenvalue weighted by Crippen LogP contribution is -2.48. The predicted molar refractivity (Wildman–Crippen MR) is 121 cm³/mol. The van der Waals surface area contributed by atoms with Gasteiger partial charge in [-0.05, 0) is 26.2 Å². The minimum Gasteiger partial charge on any atom is -0.355 e. The summed E-state index contributed by atoms with van der Waals surface area (Å²) >= 11 is 0. The lowest BCUT2D eigenvalue weighted by atomic mass is 10.1. The molecule has 1 atom stereocenters. The number of aromatic nitrogens is 4. The van der Waals surface area contributed by atoms with Crippen molar-refractivity contribution >= 4 is 22.9 Å². The van der Waals surface area contributed by atoms with Gasteiger partial charge in [0, 0.05) is 44.8 Å². The molecule has 2 saturated heterocycles. The lowest BCUT2D eigenvalue weighted by molar-refractivity contribution is -0.134. The molecule has 0 unspecified atom stereocenters. The van der Waals surface area contributed by atoms with Crippen LogP contribution >= 0.6 is 0 Å². The summed E-state index contributed by atoms with van der Waals surface area (Å²) in [5.41, 5.74) is 2.48. The summed E-state index contributed by atoms with van der Waals surface area (Å²) in [4.78, 5) is 31.9. The standard InChI is InChI=1S/C23H29N7O/c1-17(23(31)29-14-10-24-11-15-29)30-20(18-8-4-2-5-9-18)27-19-21(25-16-26-22(19)30)28-12-6-3-7-13-28/h2,4-5,8-9,16-17,24H,3,6-7,10-15H2,1H3/t17-/m0/s1. The maximum Gasteiger partial charge on any atom is 0.245 e. The minimum absolute atomic E-state index is 0.108. The van der Waals surface area contributed by atoms with Gasteiger partial charge in [-0.2, -0.15) is 0 Å². The van der Waals surface area contributed by atoms with Crippen LogP contribution in [0, 0.1) is 0 Å². The van der Waals surface area contributed by atoms with Crippen LogP contribution in [0.1, 0.15) is 32.2 Å². The predicted octanol–water partition coefficient (Wildman–Crippen LogP) is 2.48. The molecule has 3 aromatic rings. The first-order valence-electron chi connectivity index (χ1n) is 11.3. The van der Waals surface area contributed by atoms with E-state index in [0.29, 0.717) is 0 Å². The normalized spacial score (nSPS) is 18.4. The Morgan fingerprint density at radius 1 is 1.00 bits per heavy atom. The second-order valence-corrected chi connectivity index (χ2v) is 8.34. The van der Waals surface area contributed by atoms with Crippen LogP contribution in [0.3, 0.4) is 0 Å². The van der Waals surface area contributed by atoms with E-state index in [-0.39, 0.29) is 5.91 Å². The monoisotopic (exact) mass is 419 g/mol. The molecule has 0 radical (unpaired) electrons. The van der Waals surface area contributed by atoms with E-state index in [0.717, 1.165) is 80.5 Å². The van der Waals surface area contributed by atoms with E-state index in [2.05, 4.69) is 20.2 Å². The topological polar surface area (TPSA) is 79.2 Å². The van der Waals surface area contributed by atoms with Crippen LogP contribution in [0.2, 0.25) is 0 Å². The first kappa shape index (κ1) is 19.9.